The van der Waals surface area contributed by atoms with Crippen LogP contribution in [0.5, 0.6) is 0 Å². The summed E-state index contributed by atoms with van der Waals surface area (Å²) < 4.78 is 0. The Morgan fingerprint density at radius 3 is 2.38 bits per heavy atom. The molecule has 24 heavy (non-hydrogen) atoms. The average Bonchev–Trinajstić information content (AvgIpc) is 2.72. The highest BCUT2D eigenvalue weighted by Crippen LogP contribution is 2.12. The number of carbonyl (C=O) groups is 3. The summed E-state index contributed by atoms with van der Waals surface area (Å²) in [6.07, 6.45) is 3.54. The first-order valence-corrected chi connectivity index (χ1v) is 9.03. The second-order valence-electron chi connectivity index (χ2n) is 7.01. The largest absolute Gasteiger partial charge is 0.353 e. The normalized spacial score (nSPS) is 20.2. The third-order valence-electron chi connectivity index (χ3n) is 4.54. The summed E-state index contributed by atoms with van der Waals surface area (Å²) in [4.78, 5) is 41.8. The number of carbonyl (C=O) groups excluding carboxylic acids is 3. The molecule has 0 aromatic heterocycles. The molecule has 0 spiro atoms. The number of hydrogen-bond donors (Lipinski definition) is 1. The minimum absolute atomic E-state index is 0.0246. The van der Waals surface area contributed by atoms with Crippen LogP contribution in [0.2, 0.25) is 0 Å². The molecule has 7 nitrogen and oxygen atoms in total. The molecule has 2 aliphatic rings. The topological polar surface area (TPSA) is 73.0 Å². The van der Waals surface area contributed by atoms with Crippen molar-refractivity contribution < 1.29 is 14.4 Å². The average molecular weight is 338 g/mol. The summed E-state index contributed by atoms with van der Waals surface area (Å²) >= 11 is 0. The molecule has 2 fully saturated rings. The van der Waals surface area contributed by atoms with Crippen LogP contribution in [0.4, 0.5) is 0 Å². The lowest BCUT2D eigenvalue weighted by atomic mass is 10.2. The van der Waals surface area contributed by atoms with Gasteiger partial charge in [0.25, 0.3) is 0 Å². The molecule has 0 bridgehead atoms. The smallest absolute Gasteiger partial charge is 0.242 e. The van der Waals surface area contributed by atoms with E-state index in [9.17, 15) is 14.4 Å². The van der Waals surface area contributed by atoms with E-state index in [0.29, 0.717) is 45.7 Å². The number of rotatable bonds is 5. The van der Waals surface area contributed by atoms with Gasteiger partial charge in [-0.1, -0.05) is 6.42 Å². The molecule has 2 saturated heterocycles. The molecule has 136 valence electrons. The molecule has 0 radical (unpaired) electrons. The van der Waals surface area contributed by atoms with Gasteiger partial charge in [-0.25, -0.2) is 0 Å². The van der Waals surface area contributed by atoms with Crippen LogP contribution in [0.1, 0.15) is 39.5 Å². The highest BCUT2D eigenvalue weighted by atomic mass is 16.2. The first kappa shape index (κ1) is 18.7. The quantitative estimate of drug-likeness (QED) is 0.769. The van der Waals surface area contributed by atoms with E-state index in [1.54, 1.807) is 4.90 Å². The van der Waals surface area contributed by atoms with E-state index >= 15 is 0 Å². The van der Waals surface area contributed by atoms with Crippen molar-refractivity contribution >= 4 is 17.7 Å². The third kappa shape index (κ3) is 5.78. The first-order chi connectivity index (χ1) is 11.5. The van der Waals surface area contributed by atoms with E-state index in [2.05, 4.69) is 10.2 Å². The Morgan fingerprint density at radius 2 is 1.71 bits per heavy atom. The fraction of sp³-hybridized carbons (Fsp3) is 0.824. The Bertz CT molecular complexity index is 459. The SMILES string of the molecule is CC(C)NC(=O)CN1CCN(C(=O)CN2CCCCCC2=O)CC1. The fourth-order valence-corrected chi connectivity index (χ4v) is 3.20. The zero-order chi connectivity index (χ0) is 17.5. The van der Waals surface area contributed by atoms with Gasteiger partial charge in [0, 0.05) is 45.2 Å². The summed E-state index contributed by atoms with van der Waals surface area (Å²) in [5.41, 5.74) is 0. The third-order valence-corrected chi connectivity index (χ3v) is 4.54. The lowest BCUT2D eigenvalue weighted by Crippen LogP contribution is -2.53. The summed E-state index contributed by atoms with van der Waals surface area (Å²) in [6.45, 7) is 7.80. The van der Waals surface area contributed by atoms with Crippen LogP contribution >= 0.6 is 0 Å². The zero-order valence-electron chi connectivity index (χ0n) is 14.9. The summed E-state index contributed by atoms with van der Waals surface area (Å²) in [5, 5.41) is 2.88. The maximum atomic E-state index is 12.4. The molecule has 0 atom stereocenters. The van der Waals surface area contributed by atoms with Crippen LogP contribution in [-0.2, 0) is 14.4 Å². The van der Waals surface area contributed by atoms with Crippen molar-refractivity contribution in [2.24, 2.45) is 0 Å². The number of amides is 3. The van der Waals surface area contributed by atoms with Crippen molar-refractivity contribution in [3.63, 3.8) is 0 Å². The summed E-state index contributed by atoms with van der Waals surface area (Å²) in [7, 11) is 0. The summed E-state index contributed by atoms with van der Waals surface area (Å²) in [5.74, 6) is 0.154. The number of nitrogens with zero attached hydrogens (tertiary/aromatic N) is 3. The lowest BCUT2D eigenvalue weighted by molar-refractivity contribution is -0.141. The predicted octanol–water partition coefficient (Wildman–Crippen LogP) is 0.0578. The number of piperazine rings is 1. The number of likely N-dealkylation sites (tertiary alicyclic amines) is 1. The van der Waals surface area contributed by atoms with Gasteiger partial charge in [0.15, 0.2) is 0 Å². The predicted molar refractivity (Wildman–Crippen MR) is 91.3 cm³/mol. The molecule has 0 saturated carbocycles. The Hall–Kier alpha value is -1.63. The highest BCUT2D eigenvalue weighted by molar-refractivity contribution is 5.85. The van der Waals surface area contributed by atoms with Crippen molar-refractivity contribution in [3.05, 3.63) is 0 Å². The van der Waals surface area contributed by atoms with Crippen molar-refractivity contribution in [1.29, 1.82) is 0 Å². The van der Waals surface area contributed by atoms with Gasteiger partial charge in [-0.3, -0.25) is 19.3 Å². The van der Waals surface area contributed by atoms with Gasteiger partial charge < -0.3 is 15.1 Å². The van der Waals surface area contributed by atoms with Gasteiger partial charge in [-0.05, 0) is 26.7 Å². The molecule has 7 heteroatoms. The molecular formula is C17H30N4O3. The standard InChI is InChI=1S/C17H30N4O3/c1-14(2)18-15(22)12-19-8-10-20(11-9-19)17(24)13-21-7-5-3-4-6-16(21)23/h14H,3-13H2,1-2H3,(H,18,22). The van der Waals surface area contributed by atoms with Crippen LogP contribution in [-0.4, -0.2) is 84.3 Å². The molecule has 0 aromatic rings. The Balaban J connectivity index is 1.74. The van der Waals surface area contributed by atoms with Gasteiger partial charge in [-0.2, -0.15) is 0 Å². The van der Waals surface area contributed by atoms with Crippen LogP contribution in [0.15, 0.2) is 0 Å². The lowest BCUT2D eigenvalue weighted by Gasteiger charge is -2.35. The van der Waals surface area contributed by atoms with Gasteiger partial charge >= 0.3 is 0 Å². The van der Waals surface area contributed by atoms with Crippen LogP contribution in [0, 0.1) is 0 Å². The van der Waals surface area contributed by atoms with E-state index < -0.39 is 0 Å². The van der Waals surface area contributed by atoms with Gasteiger partial charge in [0.2, 0.25) is 17.7 Å². The van der Waals surface area contributed by atoms with E-state index in [0.717, 1.165) is 19.3 Å². The second kappa shape index (κ2) is 9.01. The van der Waals surface area contributed by atoms with E-state index in [4.69, 9.17) is 0 Å². The highest BCUT2D eigenvalue weighted by Gasteiger charge is 2.26. The number of hydrogen-bond acceptors (Lipinski definition) is 4. The molecular weight excluding hydrogens is 308 g/mol. The fourth-order valence-electron chi connectivity index (χ4n) is 3.20. The molecule has 1 N–H and O–H groups in total. The maximum absolute atomic E-state index is 12.4. The number of nitrogens with one attached hydrogen (secondary N) is 1. The minimum atomic E-state index is 0.0246. The zero-order valence-corrected chi connectivity index (χ0v) is 14.9. The van der Waals surface area contributed by atoms with E-state index in [1.807, 2.05) is 18.7 Å². The van der Waals surface area contributed by atoms with Gasteiger partial charge in [0.1, 0.15) is 0 Å². The maximum Gasteiger partial charge on any atom is 0.242 e. The van der Waals surface area contributed by atoms with E-state index in [1.165, 1.54) is 0 Å². The molecule has 0 aromatic carbocycles. The second-order valence-corrected chi connectivity index (χ2v) is 7.01. The van der Waals surface area contributed by atoms with Gasteiger partial charge in [0.05, 0.1) is 13.1 Å². The Morgan fingerprint density at radius 1 is 1.00 bits per heavy atom. The molecule has 2 rings (SSSR count). The van der Waals surface area contributed by atoms with Gasteiger partial charge in [-0.15, -0.1) is 0 Å². The molecule has 2 aliphatic heterocycles. The molecule has 2 heterocycles. The molecule has 0 unspecified atom stereocenters. The monoisotopic (exact) mass is 338 g/mol. The van der Waals surface area contributed by atoms with Crippen molar-refractivity contribution in [1.82, 2.24) is 20.0 Å². The molecule has 0 aliphatic carbocycles. The minimum Gasteiger partial charge on any atom is -0.353 e. The van der Waals surface area contributed by atoms with Crippen molar-refractivity contribution in [2.45, 2.75) is 45.6 Å². The summed E-state index contributed by atoms with van der Waals surface area (Å²) in [6, 6.07) is 0.145. The van der Waals surface area contributed by atoms with E-state index in [-0.39, 0.29) is 30.3 Å². The van der Waals surface area contributed by atoms with Crippen LogP contribution in [0.25, 0.3) is 0 Å². The molecule has 3 amide bonds. The Kier molecular flexibility index (Phi) is 7.02. The van der Waals surface area contributed by atoms with Crippen molar-refractivity contribution in [3.8, 4) is 0 Å². The van der Waals surface area contributed by atoms with Crippen LogP contribution in [0.3, 0.4) is 0 Å². The first-order valence-electron chi connectivity index (χ1n) is 9.03. The van der Waals surface area contributed by atoms with Crippen molar-refractivity contribution in [2.75, 3.05) is 45.8 Å². The Labute approximate surface area is 144 Å². The van der Waals surface area contributed by atoms with Crippen LogP contribution < -0.4 is 5.32 Å².